The van der Waals surface area contributed by atoms with Crippen LogP contribution in [0.25, 0.3) is 0 Å². The largest absolute Gasteiger partial charge is 0.353 e. The highest BCUT2D eigenvalue weighted by Crippen LogP contribution is 2.58. The molecule has 0 spiro atoms. The first-order valence-corrected chi connectivity index (χ1v) is 10.3. The molecule has 0 aromatic heterocycles. The molecule has 118 valence electrons. The van der Waals surface area contributed by atoms with Crippen LogP contribution in [-0.2, 0) is 14.6 Å². The van der Waals surface area contributed by atoms with Gasteiger partial charge in [0.2, 0.25) is 5.91 Å². The molecule has 0 radical (unpaired) electrons. The first-order chi connectivity index (χ1) is 10.0. The molecule has 5 heteroatoms. The van der Waals surface area contributed by atoms with E-state index in [2.05, 4.69) is 5.32 Å². The Morgan fingerprint density at radius 1 is 1.05 bits per heavy atom. The molecule has 1 N–H and O–H groups in total. The van der Waals surface area contributed by atoms with Gasteiger partial charge in [0.1, 0.15) is 0 Å². The molecule has 3 saturated carbocycles. The molecule has 2 bridgehead atoms. The van der Waals surface area contributed by atoms with E-state index in [-0.39, 0.29) is 23.3 Å². The summed E-state index contributed by atoms with van der Waals surface area (Å²) in [7, 11) is -2.87. The van der Waals surface area contributed by atoms with Crippen molar-refractivity contribution in [1.29, 1.82) is 0 Å². The molecule has 0 aromatic rings. The number of carbonyl (C=O) groups is 1. The molecule has 0 aromatic carbocycles. The smallest absolute Gasteiger partial charge is 0.220 e. The van der Waals surface area contributed by atoms with E-state index in [1.165, 1.54) is 32.1 Å². The predicted molar refractivity (Wildman–Crippen MR) is 80.4 cm³/mol. The lowest BCUT2D eigenvalue weighted by Crippen LogP contribution is -2.43. The van der Waals surface area contributed by atoms with Gasteiger partial charge in [-0.15, -0.1) is 0 Å². The highest BCUT2D eigenvalue weighted by molar-refractivity contribution is 7.91. The Morgan fingerprint density at radius 3 is 2.62 bits per heavy atom. The molecule has 1 aliphatic heterocycles. The second-order valence-corrected chi connectivity index (χ2v) is 10.0. The van der Waals surface area contributed by atoms with E-state index in [0.717, 1.165) is 17.8 Å². The van der Waals surface area contributed by atoms with Crippen LogP contribution in [0.3, 0.4) is 0 Å². The lowest BCUT2D eigenvalue weighted by Gasteiger charge is -2.32. The zero-order chi connectivity index (χ0) is 14.6. The van der Waals surface area contributed by atoms with Crippen LogP contribution < -0.4 is 5.32 Å². The number of sulfone groups is 1. The van der Waals surface area contributed by atoms with Gasteiger partial charge in [0.15, 0.2) is 9.84 Å². The fraction of sp³-hybridized carbons (Fsp3) is 0.938. The van der Waals surface area contributed by atoms with Gasteiger partial charge in [-0.25, -0.2) is 8.42 Å². The van der Waals surface area contributed by atoms with Gasteiger partial charge in [0, 0.05) is 12.5 Å². The molecular formula is C16H25NO3S. The average molecular weight is 311 g/mol. The Hall–Kier alpha value is -0.580. The number of nitrogens with one attached hydrogen (secondary N) is 1. The molecule has 3 aliphatic carbocycles. The third-order valence-corrected chi connectivity index (χ3v) is 8.41. The van der Waals surface area contributed by atoms with E-state index in [0.29, 0.717) is 24.8 Å². The minimum absolute atomic E-state index is 0.0489. The summed E-state index contributed by atoms with van der Waals surface area (Å²) in [4.78, 5) is 12.2. The van der Waals surface area contributed by atoms with Crippen molar-refractivity contribution in [3.63, 3.8) is 0 Å². The number of fused-ring (bicyclic) bond motifs is 5. The van der Waals surface area contributed by atoms with E-state index in [1.807, 2.05) is 0 Å². The summed E-state index contributed by atoms with van der Waals surface area (Å²) < 4.78 is 22.9. The van der Waals surface area contributed by atoms with Gasteiger partial charge in [-0.3, -0.25) is 4.79 Å². The fourth-order valence-electron chi connectivity index (χ4n) is 5.79. The van der Waals surface area contributed by atoms with Crippen LogP contribution in [-0.4, -0.2) is 31.9 Å². The van der Waals surface area contributed by atoms with E-state index in [1.54, 1.807) is 0 Å². The Balaban J connectivity index is 1.32. The van der Waals surface area contributed by atoms with Crippen LogP contribution in [0, 0.1) is 29.6 Å². The molecule has 21 heavy (non-hydrogen) atoms. The van der Waals surface area contributed by atoms with Crippen LogP contribution in [0.5, 0.6) is 0 Å². The highest BCUT2D eigenvalue weighted by Gasteiger charge is 2.54. The second-order valence-electron chi connectivity index (χ2n) is 7.80. The lowest BCUT2D eigenvalue weighted by molar-refractivity contribution is -0.123. The number of rotatable bonds is 3. The summed E-state index contributed by atoms with van der Waals surface area (Å²) in [5, 5.41) is 3.24. The maximum absolute atomic E-state index is 12.2. The summed E-state index contributed by atoms with van der Waals surface area (Å²) in [6.45, 7) is 0. The first-order valence-electron chi connectivity index (χ1n) is 8.51. The van der Waals surface area contributed by atoms with E-state index in [4.69, 9.17) is 0 Å². The van der Waals surface area contributed by atoms with Gasteiger partial charge < -0.3 is 5.32 Å². The third kappa shape index (κ3) is 2.51. The Morgan fingerprint density at radius 2 is 1.86 bits per heavy atom. The average Bonchev–Trinajstić information content (AvgIpc) is 3.10. The van der Waals surface area contributed by atoms with Gasteiger partial charge >= 0.3 is 0 Å². The molecular weight excluding hydrogens is 286 g/mol. The SMILES string of the molecule is O=C(CC1CCS(=O)(=O)C1)NC1CC2CC1C1CCCC21. The molecule has 4 rings (SSSR count). The minimum atomic E-state index is -2.87. The van der Waals surface area contributed by atoms with Crippen LogP contribution in [0.15, 0.2) is 0 Å². The van der Waals surface area contributed by atoms with Gasteiger partial charge in [-0.2, -0.15) is 0 Å². The molecule has 6 unspecified atom stereocenters. The van der Waals surface area contributed by atoms with Crippen molar-refractivity contribution in [3.05, 3.63) is 0 Å². The minimum Gasteiger partial charge on any atom is -0.353 e. The van der Waals surface area contributed by atoms with Crippen LogP contribution in [0.4, 0.5) is 0 Å². The van der Waals surface area contributed by atoms with Gasteiger partial charge in [-0.1, -0.05) is 6.42 Å². The molecule has 1 saturated heterocycles. The fourth-order valence-corrected chi connectivity index (χ4v) is 7.66. The monoisotopic (exact) mass is 311 g/mol. The highest BCUT2D eigenvalue weighted by atomic mass is 32.2. The first kappa shape index (κ1) is 14.0. The maximum Gasteiger partial charge on any atom is 0.220 e. The van der Waals surface area contributed by atoms with Crippen LogP contribution >= 0.6 is 0 Å². The number of amides is 1. The zero-order valence-electron chi connectivity index (χ0n) is 12.5. The predicted octanol–water partition coefficient (Wildman–Crippen LogP) is 1.75. The second kappa shape index (κ2) is 4.97. The lowest BCUT2D eigenvalue weighted by atomic mass is 9.79. The van der Waals surface area contributed by atoms with E-state index in [9.17, 15) is 13.2 Å². The van der Waals surface area contributed by atoms with Crippen molar-refractivity contribution < 1.29 is 13.2 Å². The third-order valence-electron chi connectivity index (χ3n) is 6.58. The standard InChI is InChI=1S/C16H25NO3S/c18-16(6-10-4-5-21(19,20)9-10)17-15-8-11-7-14(15)13-3-1-2-12(11)13/h10-15H,1-9H2,(H,17,18). The molecule has 4 aliphatic rings. The quantitative estimate of drug-likeness (QED) is 0.864. The molecule has 4 fully saturated rings. The Labute approximate surface area is 127 Å². The summed E-state index contributed by atoms with van der Waals surface area (Å²) >= 11 is 0. The summed E-state index contributed by atoms with van der Waals surface area (Å²) in [6.07, 6.45) is 7.70. The Bertz CT molecular complexity index is 544. The molecule has 1 amide bonds. The number of hydrogen-bond donors (Lipinski definition) is 1. The number of carbonyl (C=O) groups excluding carboxylic acids is 1. The van der Waals surface area contributed by atoms with Crippen molar-refractivity contribution in [2.45, 2.75) is 51.0 Å². The molecule has 1 heterocycles. The summed E-state index contributed by atoms with van der Waals surface area (Å²) in [5.41, 5.74) is 0. The Kier molecular flexibility index (Phi) is 3.32. The van der Waals surface area contributed by atoms with Crippen molar-refractivity contribution in [3.8, 4) is 0 Å². The topological polar surface area (TPSA) is 63.2 Å². The number of hydrogen-bond acceptors (Lipinski definition) is 3. The molecule has 4 nitrogen and oxygen atoms in total. The van der Waals surface area contributed by atoms with Crippen LogP contribution in [0.2, 0.25) is 0 Å². The van der Waals surface area contributed by atoms with Gasteiger partial charge in [0.25, 0.3) is 0 Å². The molecule has 6 atom stereocenters. The maximum atomic E-state index is 12.2. The van der Waals surface area contributed by atoms with Crippen molar-refractivity contribution in [1.82, 2.24) is 5.32 Å². The van der Waals surface area contributed by atoms with Crippen molar-refractivity contribution in [2.24, 2.45) is 29.6 Å². The van der Waals surface area contributed by atoms with Gasteiger partial charge in [0.05, 0.1) is 11.5 Å². The summed E-state index contributed by atoms with van der Waals surface area (Å²) in [6, 6.07) is 0.375. The zero-order valence-corrected chi connectivity index (χ0v) is 13.3. The van der Waals surface area contributed by atoms with E-state index < -0.39 is 9.84 Å². The summed E-state index contributed by atoms with van der Waals surface area (Å²) in [5.74, 6) is 3.98. The van der Waals surface area contributed by atoms with Gasteiger partial charge in [-0.05, 0) is 61.7 Å². The van der Waals surface area contributed by atoms with Crippen molar-refractivity contribution >= 4 is 15.7 Å². The normalized spacial score (nSPS) is 46.7. The van der Waals surface area contributed by atoms with E-state index >= 15 is 0 Å². The van der Waals surface area contributed by atoms with Crippen molar-refractivity contribution in [2.75, 3.05) is 11.5 Å². The van der Waals surface area contributed by atoms with Crippen LogP contribution in [0.1, 0.15) is 44.9 Å².